The SMILES string of the molecule is CCN(Cc1ccccc1)C1CCCN(C(=O)C(N)C(C)C)C1. The summed E-state index contributed by atoms with van der Waals surface area (Å²) in [5.41, 5.74) is 7.39. The number of benzene rings is 1. The van der Waals surface area contributed by atoms with Gasteiger partial charge in [-0.2, -0.15) is 0 Å². The minimum absolute atomic E-state index is 0.112. The predicted octanol–water partition coefficient (Wildman–Crippen LogP) is 2.48. The van der Waals surface area contributed by atoms with Gasteiger partial charge in [-0.05, 0) is 30.9 Å². The Bertz CT molecular complexity index is 489. The van der Waals surface area contributed by atoms with Crippen molar-refractivity contribution in [2.75, 3.05) is 19.6 Å². The van der Waals surface area contributed by atoms with Crippen LogP contribution in [0.25, 0.3) is 0 Å². The van der Waals surface area contributed by atoms with Gasteiger partial charge in [0, 0.05) is 25.7 Å². The maximum atomic E-state index is 12.5. The fourth-order valence-corrected chi connectivity index (χ4v) is 3.27. The average molecular weight is 317 g/mol. The molecule has 1 aliphatic rings. The molecule has 0 saturated carbocycles. The third-order valence-corrected chi connectivity index (χ3v) is 4.86. The molecule has 1 heterocycles. The van der Waals surface area contributed by atoms with E-state index in [0.29, 0.717) is 6.04 Å². The molecule has 0 spiro atoms. The van der Waals surface area contributed by atoms with E-state index in [1.165, 1.54) is 5.56 Å². The molecular formula is C19H31N3O. The van der Waals surface area contributed by atoms with E-state index >= 15 is 0 Å². The van der Waals surface area contributed by atoms with Crippen LogP contribution in [0.4, 0.5) is 0 Å². The molecule has 128 valence electrons. The molecule has 1 aromatic rings. The highest BCUT2D eigenvalue weighted by atomic mass is 16.2. The lowest BCUT2D eigenvalue weighted by Gasteiger charge is -2.40. The van der Waals surface area contributed by atoms with E-state index in [0.717, 1.165) is 39.0 Å². The first-order chi connectivity index (χ1) is 11.0. The quantitative estimate of drug-likeness (QED) is 0.877. The lowest BCUT2D eigenvalue weighted by Crippen LogP contribution is -2.54. The molecule has 4 nitrogen and oxygen atoms in total. The Morgan fingerprint density at radius 2 is 2.04 bits per heavy atom. The summed E-state index contributed by atoms with van der Waals surface area (Å²) >= 11 is 0. The van der Waals surface area contributed by atoms with Crippen LogP contribution < -0.4 is 5.73 Å². The van der Waals surface area contributed by atoms with E-state index < -0.39 is 0 Å². The molecule has 1 saturated heterocycles. The number of carbonyl (C=O) groups excluding carboxylic acids is 1. The van der Waals surface area contributed by atoms with Gasteiger partial charge in [-0.1, -0.05) is 51.1 Å². The maximum Gasteiger partial charge on any atom is 0.239 e. The van der Waals surface area contributed by atoms with E-state index in [4.69, 9.17) is 5.73 Å². The Hall–Kier alpha value is -1.39. The van der Waals surface area contributed by atoms with Crippen molar-refractivity contribution >= 4 is 5.91 Å². The number of amides is 1. The fourth-order valence-electron chi connectivity index (χ4n) is 3.27. The summed E-state index contributed by atoms with van der Waals surface area (Å²) in [4.78, 5) is 17.0. The Balaban J connectivity index is 1.99. The van der Waals surface area contributed by atoms with Gasteiger partial charge in [0.05, 0.1) is 6.04 Å². The fraction of sp³-hybridized carbons (Fsp3) is 0.632. The molecular weight excluding hydrogens is 286 g/mol. The first-order valence-corrected chi connectivity index (χ1v) is 8.85. The standard InChI is InChI=1S/C19H31N3O/c1-4-21(13-16-9-6-5-7-10-16)17-11-8-12-22(14-17)19(23)18(20)15(2)3/h5-7,9-10,15,17-18H,4,8,11-14,20H2,1-3H3. The molecule has 0 radical (unpaired) electrons. The molecule has 2 N–H and O–H groups in total. The average Bonchev–Trinajstić information content (AvgIpc) is 2.59. The number of likely N-dealkylation sites (N-methyl/N-ethyl adjacent to an activating group) is 1. The van der Waals surface area contributed by atoms with Crippen LogP contribution in [-0.2, 0) is 11.3 Å². The highest BCUT2D eigenvalue weighted by molar-refractivity contribution is 5.82. The number of nitrogens with zero attached hydrogens (tertiary/aromatic N) is 2. The van der Waals surface area contributed by atoms with Crippen LogP contribution >= 0.6 is 0 Å². The van der Waals surface area contributed by atoms with E-state index in [1.807, 2.05) is 24.8 Å². The van der Waals surface area contributed by atoms with Crippen molar-refractivity contribution in [3.8, 4) is 0 Å². The van der Waals surface area contributed by atoms with Crippen molar-refractivity contribution in [3.05, 3.63) is 35.9 Å². The van der Waals surface area contributed by atoms with Crippen molar-refractivity contribution in [1.82, 2.24) is 9.80 Å². The molecule has 1 fully saturated rings. The van der Waals surface area contributed by atoms with Crippen LogP contribution in [0.3, 0.4) is 0 Å². The van der Waals surface area contributed by atoms with Crippen molar-refractivity contribution in [1.29, 1.82) is 0 Å². The van der Waals surface area contributed by atoms with E-state index in [-0.39, 0.29) is 17.9 Å². The summed E-state index contributed by atoms with van der Waals surface area (Å²) < 4.78 is 0. The Morgan fingerprint density at radius 1 is 1.35 bits per heavy atom. The van der Waals surface area contributed by atoms with Crippen LogP contribution in [0.15, 0.2) is 30.3 Å². The van der Waals surface area contributed by atoms with Crippen molar-refractivity contribution in [2.45, 2.75) is 52.2 Å². The second kappa shape index (κ2) is 8.46. The van der Waals surface area contributed by atoms with Gasteiger partial charge in [-0.3, -0.25) is 9.69 Å². The van der Waals surface area contributed by atoms with Crippen LogP contribution in [0.1, 0.15) is 39.2 Å². The minimum atomic E-state index is -0.377. The molecule has 1 amide bonds. The number of piperidine rings is 1. The topological polar surface area (TPSA) is 49.6 Å². The van der Waals surface area contributed by atoms with E-state index in [9.17, 15) is 4.79 Å². The van der Waals surface area contributed by atoms with Crippen LogP contribution in [0, 0.1) is 5.92 Å². The van der Waals surface area contributed by atoms with Crippen molar-refractivity contribution in [2.24, 2.45) is 11.7 Å². The number of likely N-dealkylation sites (tertiary alicyclic amines) is 1. The second-order valence-electron chi connectivity index (χ2n) is 6.90. The molecule has 0 aromatic heterocycles. The number of hydrogen-bond donors (Lipinski definition) is 1. The molecule has 1 aromatic carbocycles. The monoisotopic (exact) mass is 317 g/mol. The maximum absolute atomic E-state index is 12.5. The van der Waals surface area contributed by atoms with Crippen molar-refractivity contribution in [3.63, 3.8) is 0 Å². The zero-order valence-corrected chi connectivity index (χ0v) is 14.7. The third kappa shape index (κ3) is 4.79. The number of carbonyl (C=O) groups is 1. The Labute approximate surface area is 140 Å². The van der Waals surface area contributed by atoms with Crippen molar-refractivity contribution < 1.29 is 4.79 Å². The van der Waals surface area contributed by atoms with Gasteiger partial charge in [0.25, 0.3) is 0 Å². The Kier molecular flexibility index (Phi) is 6.60. The zero-order chi connectivity index (χ0) is 16.8. The molecule has 4 heteroatoms. The van der Waals surface area contributed by atoms with Gasteiger partial charge >= 0.3 is 0 Å². The number of rotatable bonds is 6. The van der Waals surface area contributed by atoms with Crippen LogP contribution in [0.5, 0.6) is 0 Å². The van der Waals surface area contributed by atoms with E-state index in [2.05, 4.69) is 36.1 Å². The smallest absolute Gasteiger partial charge is 0.239 e. The molecule has 1 aliphatic heterocycles. The lowest BCUT2D eigenvalue weighted by molar-refractivity contribution is -0.135. The second-order valence-corrected chi connectivity index (χ2v) is 6.90. The molecule has 2 rings (SSSR count). The lowest BCUT2D eigenvalue weighted by atomic mass is 9.99. The zero-order valence-electron chi connectivity index (χ0n) is 14.7. The van der Waals surface area contributed by atoms with Crippen LogP contribution in [-0.4, -0.2) is 47.4 Å². The molecule has 23 heavy (non-hydrogen) atoms. The minimum Gasteiger partial charge on any atom is -0.340 e. The van der Waals surface area contributed by atoms with Crippen LogP contribution in [0.2, 0.25) is 0 Å². The highest BCUT2D eigenvalue weighted by Gasteiger charge is 2.30. The highest BCUT2D eigenvalue weighted by Crippen LogP contribution is 2.19. The molecule has 2 unspecified atom stereocenters. The summed E-state index contributed by atoms with van der Waals surface area (Å²) in [6, 6.07) is 10.6. The predicted molar refractivity (Wildman–Crippen MR) is 94.9 cm³/mol. The summed E-state index contributed by atoms with van der Waals surface area (Å²) in [7, 11) is 0. The molecule has 0 aliphatic carbocycles. The summed E-state index contributed by atoms with van der Waals surface area (Å²) in [5.74, 6) is 0.301. The summed E-state index contributed by atoms with van der Waals surface area (Å²) in [5, 5.41) is 0. The van der Waals surface area contributed by atoms with Gasteiger partial charge < -0.3 is 10.6 Å². The molecule has 2 atom stereocenters. The first-order valence-electron chi connectivity index (χ1n) is 8.85. The van der Waals surface area contributed by atoms with Gasteiger partial charge in [-0.15, -0.1) is 0 Å². The third-order valence-electron chi connectivity index (χ3n) is 4.86. The normalized spacial score (nSPS) is 20.1. The largest absolute Gasteiger partial charge is 0.340 e. The van der Waals surface area contributed by atoms with Gasteiger partial charge in [-0.25, -0.2) is 0 Å². The van der Waals surface area contributed by atoms with Gasteiger partial charge in [0.15, 0.2) is 0 Å². The van der Waals surface area contributed by atoms with E-state index in [1.54, 1.807) is 0 Å². The first kappa shape index (κ1) is 18.0. The Morgan fingerprint density at radius 3 is 2.65 bits per heavy atom. The number of nitrogens with two attached hydrogens (primary N) is 1. The van der Waals surface area contributed by atoms with Gasteiger partial charge in [0.1, 0.15) is 0 Å². The summed E-state index contributed by atoms with van der Waals surface area (Å²) in [6.07, 6.45) is 2.22. The summed E-state index contributed by atoms with van der Waals surface area (Å²) in [6.45, 7) is 9.82. The number of hydrogen-bond acceptors (Lipinski definition) is 3. The van der Waals surface area contributed by atoms with Gasteiger partial charge in [0.2, 0.25) is 5.91 Å². The molecule has 0 bridgehead atoms.